The van der Waals surface area contributed by atoms with Crippen LogP contribution in [0.4, 0.5) is 0 Å². The van der Waals surface area contributed by atoms with Crippen molar-refractivity contribution in [2.45, 2.75) is 0 Å². The molecule has 0 aliphatic carbocycles. The van der Waals surface area contributed by atoms with Gasteiger partial charge in [-0.05, 0) is 57.4 Å². The summed E-state index contributed by atoms with van der Waals surface area (Å²) in [6.07, 6.45) is 4.42. The Morgan fingerprint density at radius 3 is 2.50 bits per heavy atom. The Hall–Kier alpha value is -2.75. The van der Waals surface area contributed by atoms with Crippen molar-refractivity contribution in [3.63, 3.8) is 0 Å². The van der Waals surface area contributed by atoms with E-state index in [0.29, 0.717) is 0 Å². The first-order chi connectivity index (χ1) is 12.9. The van der Waals surface area contributed by atoms with E-state index in [1.165, 1.54) is 31.5 Å². The summed E-state index contributed by atoms with van der Waals surface area (Å²) in [6.45, 7) is 0. The fraction of sp³-hybridized carbons (Fsp3) is 0. The van der Waals surface area contributed by atoms with Crippen molar-refractivity contribution < 1.29 is 0 Å². The highest BCUT2D eigenvalue weighted by molar-refractivity contribution is 7.13. The summed E-state index contributed by atoms with van der Waals surface area (Å²) in [5, 5.41) is 7.92. The summed E-state index contributed by atoms with van der Waals surface area (Å²) in [7, 11) is 0. The molecule has 3 heterocycles. The topological polar surface area (TPSA) is 12.9 Å². The van der Waals surface area contributed by atoms with Crippen LogP contribution >= 0.6 is 22.7 Å². The van der Waals surface area contributed by atoms with E-state index in [2.05, 4.69) is 89.6 Å². The maximum Gasteiger partial charge on any atom is 0.0815 e. The van der Waals surface area contributed by atoms with E-state index in [0.717, 1.165) is 11.2 Å². The minimum atomic E-state index is 1.04. The maximum atomic E-state index is 4.95. The molecule has 3 aromatic heterocycles. The molecule has 2 aromatic carbocycles. The Morgan fingerprint density at radius 2 is 1.65 bits per heavy atom. The lowest BCUT2D eigenvalue weighted by atomic mass is 9.99. The van der Waals surface area contributed by atoms with Crippen LogP contribution in [-0.2, 0) is 0 Å². The van der Waals surface area contributed by atoms with Gasteiger partial charge in [0, 0.05) is 10.3 Å². The highest BCUT2D eigenvalue weighted by Gasteiger charge is 2.10. The van der Waals surface area contributed by atoms with Crippen molar-refractivity contribution in [3.05, 3.63) is 87.9 Å². The monoisotopic (exact) mass is 369 g/mol. The van der Waals surface area contributed by atoms with Crippen LogP contribution in [-0.4, -0.2) is 4.98 Å². The zero-order valence-corrected chi connectivity index (χ0v) is 15.6. The first-order valence-electron chi connectivity index (χ1n) is 8.46. The Balaban J connectivity index is 1.81. The smallest absolute Gasteiger partial charge is 0.0815 e. The summed E-state index contributed by atoms with van der Waals surface area (Å²) in [4.78, 5) is 7.41. The van der Waals surface area contributed by atoms with Gasteiger partial charge in [0.25, 0.3) is 0 Å². The fourth-order valence-corrected chi connectivity index (χ4v) is 4.58. The lowest BCUT2D eigenvalue weighted by Crippen LogP contribution is -1.89. The lowest BCUT2D eigenvalue weighted by molar-refractivity contribution is 1.42. The highest BCUT2D eigenvalue weighted by atomic mass is 32.1. The third kappa shape index (κ3) is 2.75. The van der Waals surface area contributed by atoms with Gasteiger partial charge in [-0.15, -0.1) is 22.7 Å². The van der Waals surface area contributed by atoms with Crippen molar-refractivity contribution in [1.82, 2.24) is 4.98 Å². The molecule has 5 aromatic rings. The Morgan fingerprint density at radius 1 is 0.769 bits per heavy atom. The fourth-order valence-electron chi connectivity index (χ4n) is 3.28. The van der Waals surface area contributed by atoms with E-state index < -0.39 is 0 Å². The molecular weight excluding hydrogens is 354 g/mol. The first-order valence-corrected chi connectivity index (χ1v) is 10.2. The van der Waals surface area contributed by atoms with Gasteiger partial charge in [-0.1, -0.05) is 48.5 Å². The standard InChI is InChI=1S/C23H15NS2/c1-2-7-19-16(5-1)10-12-20-23(19)17(9-11-18-6-3-13-25-18)15-21(24-20)22-8-4-14-26-22/h1-15H. The van der Waals surface area contributed by atoms with Crippen LogP contribution < -0.4 is 0 Å². The summed E-state index contributed by atoms with van der Waals surface area (Å²) in [5.41, 5.74) is 3.29. The van der Waals surface area contributed by atoms with Crippen LogP contribution in [0.3, 0.4) is 0 Å². The number of nitrogens with zero attached hydrogens (tertiary/aromatic N) is 1. The lowest BCUT2D eigenvalue weighted by Gasteiger charge is -2.09. The molecule has 3 heteroatoms. The van der Waals surface area contributed by atoms with Crippen LogP contribution in [0.2, 0.25) is 0 Å². The van der Waals surface area contributed by atoms with Crippen molar-refractivity contribution in [3.8, 4) is 10.6 Å². The third-order valence-electron chi connectivity index (χ3n) is 4.47. The molecule has 0 amide bonds. The molecule has 0 N–H and O–H groups in total. The molecule has 0 unspecified atom stereocenters. The maximum absolute atomic E-state index is 4.95. The summed E-state index contributed by atoms with van der Waals surface area (Å²) in [6, 6.07) is 23.5. The minimum Gasteiger partial charge on any atom is -0.247 e. The molecule has 0 saturated heterocycles. The Labute approximate surface area is 159 Å². The number of hydrogen-bond donors (Lipinski definition) is 0. The molecule has 0 saturated carbocycles. The zero-order valence-electron chi connectivity index (χ0n) is 13.9. The van der Waals surface area contributed by atoms with Crippen LogP contribution in [0.5, 0.6) is 0 Å². The Kier molecular flexibility index (Phi) is 3.89. The van der Waals surface area contributed by atoms with E-state index in [-0.39, 0.29) is 0 Å². The average Bonchev–Trinajstić information content (AvgIpc) is 3.39. The van der Waals surface area contributed by atoms with Gasteiger partial charge < -0.3 is 0 Å². The second-order valence-electron chi connectivity index (χ2n) is 6.10. The quantitative estimate of drug-likeness (QED) is 0.303. The number of benzene rings is 2. The molecule has 0 atom stereocenters. The molecule has 0 spiro atoms. The highest BCUT2D eigenvalue weighted by Crippen LogP contribution is 2.33. The molecule has 0 aliphatic heterocycles. The van der Waals surface area contributed by atoms with Gasteiger partial charge in [0.2, 0.25) is 0 Å². The number of hydrogen-bond acceptors (Lipinski definition) is 3. The number of aromatic nitrogens is 1. The van der Waals surface area contributed by atoms with Crippen molar-refractivity contribution in [2.75, 3.05) is 0 Å². The van der Waals surface area contributed by atoms with E-state index in [9.17, 15) is 0 Å². The van der Waals surface area contributed by atoms with Crippen molar-refractivity contribution >= 4 is 56.5 Å². The molecule has 0 aliphatic rings. The number of rotatable bonds is 3. The first kappa shape index (κ1) is 15.5. The van der Waals surface area contributed by atoms with E-state index >= 15 is 0 Å². The van der Waals surface area contributed by atoms with E-state index in [1.807, 2.05) is 0 Å². The van der Waals surface area contributed by atoms with Crippen LogP contribution in [0.25, 0.3) is 44.4 Å². The van der Waals surface area contributed by atoms with Gasteiger partial charge in [-0.25, -0.2) is 4.98 Å². The number of pyridine rings is 1. The number of fused-ring (bicyclic) bond motifs is 3. The third-order valence-corrected chi connectivity index (χ3v) is 6.20. The van der Waals surface area contributed by atoms with Gasteiger partial charge in [0.15, 0.2) is 0 Å². The summed E-state index contributed by atoms with van der Waals surface area (Å²) < 4.78 is 0. The molecule has 26 heavy (non-hydrogen) atoms. The van der Waals surface area contributed by atoms with Gasteiger partial charge in [0.05, 0.1) is 16.1 Å². The molecule has 0 radical (unpaired) electrons. The molecule has 0 bridgehead atoms. The zero-order chi connectivity index (χ0) is 17.3. The van der Waals surface area contributed by atoms with Gasteiger partial charge in [-0.3, -0.25) is 0 Å². The second-order valence-corrected chi connectivity index (χ2v) is 8.03. The number of thiophene rings is 2. The van der Waals surface area contributed by atoms with Gasteiger partial charge in [0.1, 0.15) is 0 Å². The van der Waals surface area contributed by atoms with Gasteiger partial charge in [-0.2, -0.15) is 0 Å². The largest absolute Gasteiger partial charge is 0.247 e. The van der Waals surface area contributed by atoms with Crippen molar-refractivity contribution in [1.29, 1.82) is 0 Å². The second kappa shape index (κ2) is 6.52. The molecule has 1 nitrogen and oxygen atoms in total. The normalized spacial score (nSPS) is 11.7. The minimum absolute atomic E-state index is 1.04. The van der Waals surface area contributed by atoms with Crippen molar-refractivity contribution in [2.24, 2.45) is 0 Å². The van der Waals surface area contributed by atoms with Crippen LogP contribution in [0.1, 0.15) is 10.4 Å². The molecular formula is C23H15NS2. The van der Waals surface area contributed by atoms with Crippen LogP contribution in [0.15, 0.2) is 77.5 Å². The average molecular weight is 370 g/mol. The molecule has 5 rings (SSSR count). The predicted octanol–water partition coefficient (Wildman–Crippen LogP) is 7.35. The molecule has 0 fully saturated rings. The predicted molar refractivity (Wildman–Crippen MR) is 116 cm³/mol. The summed E-state index contributed by atoms with van der Waals surface area (Å²) >= 11 is 3.48. The van der Waals surface area contributed by atoms with E-state index in [4.69, 9.17) is 4.98 Å². The molecule has 124 valence electrons. The van der Waals surface area contributed by atoms with Crippen LogP contribution in [0, 0.1) is 0 Å². The summed E-state index contributed by atoms with van der Waals surface area (Å²) in [5.74, 6) is 0. The SMILES string of the molecule is C(=Cc1cc(-c2cccs2)nc2ccc3ccccc3c12)c1cccs1. The van der Waals surface area contributed by atoms with E-state index in [1.54, 1.807) is 22.7 Å². The van der Waals surface area contributed by atoms with Gasteiger partial charge >= 0.3 is 0 Å². The Bertz CT molecular complexity index is 1220.